The van der Waals surface area contributed by atoms with Crippen LogP contribution in [0.3, 0.4) is 0 Å². The van der Waals surface area contributed by atoms with Crippen LogP contribution in [-0.4, -0.2) is 27.9 Å². The first-order chi connectivity index (χ1) is 24.8. The van der Waals surface area contributed by atoms with E-state index in [4.69, 9.17) is 9.97 Å². The highest BCUT2D eigenvalue weighted by molar-refractivity contribution is 6.10. The maximum atomic E-state index is 5.28. The molecular weight excluding hydrogens is 613 g/mol. The normalized spacial score (nSPS) is 12.0. The van der Waals surface area contributed by atoms with Gasteiger partial charge in [0.2, 0.25) is 11.6 Å². The molecule has 6 nitrogen and oxygen atoms in total. The largest absolute Gasteiger partial charge is 0.309 e. The average molecular weight is 641 g/mol. The van der Waals surface area contributed by atoms with E-state index in [9.17, 15) is 0 Å². The summed E-state index contributed by atoms with van der Waals surface area (Å²) in [6, 6.07) is 60.1. The Labute approximate surface area is 286 Å². The van der Waals surface area contributed by atoms with Crippen molar-refractivity contribution in [2.24, 2.45) is 0 Å². The maximum absolute atomic E-state index is 5.28. The van der Waals surface area contributed by atoms with Crippen LogP contribution in [0, 0.1) is 0 Å². The van der Waals surface area contributed by atoms with E-state index in [2.05, 4.69) is 176 Å². The Hall–Kier alpha value is -6.92. The molecule has 0 spiro atoms. The van der Waals surface area contributed by atoms with E-state index >= 15 is 0 Å². The first-order valence-corrected chi connectivity index (χ1v) is 16.9. The minimum atomic E-state index is 0.797. The van der Waals surface area contributed by atoms with Crippen molar-refractivity contribution in [2.75, 3.05) is 0 Å². The number of imidazole rings is 2. The number of hydrogen-bond acceptors (Lipinski definition) is 2. The molecule has 7 aromatic carbocycles. The summed E-state index contributed by atoms with van der Waals surface area (Å²) in [6.07, 6.45) is 0. The van der Waals surface area contributed by atoms with Crippen molar-refractivity contribution in [1.82, 2.24) is 27.9 Å². The molecule has 0 radical (unpaired) electrons. The molecular formula is C44H28N6. The SMILES string of the molecule is c1ccc(-n2c3ccccc3c3cc(-c4ccc5c(c4)n4c6ccccc6nc4n(-c4ccccc4)c4nc6ccccc6n54)ccc32)cc1. The van der Waals surface area contributed by atoms with Gasteiger partial charge in [0.05, 0.1) is 49.8 Å². The fourth-order valence-corrected chi connectivity index (χ4v) is 7.78. The fourth-order valence-electron chi connectivity index (χ4n) is 7.78. The Balaban J connectivity index is 1.27. The van der Waals surface area contributed by atoms with Crippen LogP contribution in [0.4, 0.5) is 0 Å². The lowest BCUT2D eigenvalue weighted by Gasteiger charge is -2.09. The van der Waals surface area contributed by atoms with Crippen LogP contribution < -0.4 is 0 Å². The maximum Gasteiger partial charge on any atom is 0.223 e. The van der Waals surface area contributed by atoms with Crippen LogP contribution in [-0.2, 0) is 0 Å². The van der Waals surface area contributed by atoms with Gasteiger partial charge in [-0.1, -0.05) is 91.0 Å². The first-order valence-electron chi connectivity index (χ1n) is 16.9. The molecule has 0 saturated carbocycles. The molecule has 11 rings (SSSR count). The lowest BCUT2D eigenvalue weighted by molar-refractivity contribution is 1.03. The quantitative estimate of drug-likeness (QED) is 0.193. The highest BCUT2D eigenvalue weighted by Gasteiger charge is 2.20. The third kappa shape index (κ3) is 3.78. The van der Waals surface area contributed by atoms with Gasteiger partial charge in [-0.05, 0) is 90.0 Å². The standard InChI is InChI=1S/C44H28N6/c1-3-13-31(14-4-1)47-37-20-10-7-17-33(37)34-27-29(23-25-38(34)47)30-24-26-41-42(28-30)50-40-22-12-9-19-36(40)46-44(50)48(32-15-5-2-6-16-32)43-45-35-18-8-11-21-39(35)49(41)43/h1-28H. The number of rotatable bonds is 3. The number of para-hydroxylation sites is 7. The van der Waals surface area contributed by atoms with Crippen LogP contribution in [0.1, 0.15) is 0 Å². The van der Waals surface area contributed by atoms with Crippen molar-refractivity contribution in [3.05, 3.63) is 170 Å². The van der Waals surface area contributed by atoms with E-state index < -0.39 is 0 Å². The van der Waals surface area contributed by atoms with Gasteiger partial charge in [-0.15, -0.1) is 0 Å². The number of nitrogens with zero attached hydrogens (tertiary/aromatic N) is 6. The molecule has 4 heterocycles. The summed E-state index contributed by atoms with van der Waals surface area (Å²) in [6.45, 7) is 0. The van der Waals surface area contributed by atoms with E-state index in [0.29, 0.717) is 0 Å². The zero-order chi connectivity index (χ0) is 32.8. The van der Waals surface area contributed by atoms with E-state index in [1.807, 2.05) is 12.1 Å². The zero-order valence-corrected chi connectivity index (χ0v) is 26.8. The van der Waals surface area contributed by atoms with E-state index in [-0.39, 0.29) is 0 Å². The summed E-state index contributed by atoms with van der Waals surface area (Å²) in [7, 11) is 0. The second-order valence-electron chi connectivity index (χ2n) is 12.8. The van der Waals surface area contributed by atoms with Crippen molar-refractivity contribution in [2.45, 2.75) is 0 Å². The topological polar surface area (TPSA) is 44.5 Å². The van der Waals surface area contributed by atoms with Crippen LogP contribution >= 0.6 is 0 Å². The Bertz CT molecular complexity index is 3140. The second-order valence-corrected chi connectivity index (χ2v) is 12.8. The van der Waals surface area contributed by atoms with Gasteiger partial charge in [0, 0.05) is 16.5 Å². The summed E-state index contributed by atoms with van der Waals surface area (Å²) in [5.74, 6) is 1.60. The number of benzene rings is 7. The van der Waals surface area contributed by atoms with Gasteiger partial charge in [0.25, 0.3) is 0 Å². The molecule has 0 atom stereocenters. The summed E-state index contributed by atoms with van der Waals surface area (Å²) in [4.78, 5) is 10.5. The van der Waals surface area contributed by atoms with Crippen LogP contribution in [0.15, 0.2) is 170 Å². The molecule has 234 valence electrons. The van der Waals surface area contributed by atoms with Gasteiger partial charge in [-0.25, -0.2) is 14.5 Å². The van der Waals surface area contributed by atoms with Crippen molar-refractivity contribution >= 4 is 66.5 Å². The van der Waals surface area contributed by atoms with Crippen molar-refractivity contribution < 1.29 is 0 Å². The highest BCUT2D eigenvalue weighted by atomic mass is 15.3. The lowest BCUT2D eigenvalue weighted by atomic mass is 10.0. The Morgan fingerprint density at radius 1 is 0.320 bits per heavy atom. The van der Waals surface area contributed by atoms with E-state index in [1.54, 1.807) is 0 Å². The van der Waals surface area contributed by atoms with E-state index in [1.165, 1.54) is 21.8 Å². The number of aromatic nitrogens is 6. The molecule has 0 aliphatic carbocycles. The van der Waals surface area contributed by atoms with Crippen LogP contribution in [0.2, 0.25) is 0 Å². The monoisotopic (exact) mass is 640 g/mol. The molecule has 11 aromatic rings. The molecule has 4 aromatic heterocycles. The summed E-state index contributed by atoms with van der Waals surface area (Å²) in [5, 5.41) is 2.46. The summed E-state index contributed by atoms with van der Waals surface area (Å²) >= 11 is 0. The Kier molecular flexibility index (Phi) is 5.57. The molecule has 0 saturated heterocycles. The molecule has 0 unspecified atom stereocenters. The molecule has 0 bridgehead atoms. The van der Waals surface area contributed by atoms with Crippen molar-refractivity contribution in [3.8, 4) is 22.5 Å². The molecule has 0 fully saturated rings. The van der Waals surface area contributed by atoms with Gasteiger partial charge in [0.1, 0.15) is 0 Å². The predicted molar refractivity (Wildman–Crippen MR) is 204 cm³/mol. The van der Waals surface area contributed by atoms with Crippen molar-refractivity contribution in [3.63, 3.8) is 0 Å². The average Bonchev–Trinajstić information content (AvgIpc) is 3.83. The van der Waals surface area contributed by atoms with Crippen molar-refractivity contribution in [1.29, 1.82) is 0 Å². The predicted octanol–water partition coefficient (Wildman–Crippen LogP) is 10.6. The summed E-state index contributed by atoms with van der Waals surface area (Å²) < 4.78 is 9.12. The molecule has 0 amide bonds. The van der Waals surface area contributed by atoms with Gasteiger partial charge < -0.3 is 4.57 Å². The van der Waals surface area contributed by atoms with Gasteiger partial charge in [-0.3, -0.25) is 8.80 Å². The molecule has 0 aliphatic heterocycles. The second kappa shape index (κ2) is 10.3. The zero-order valence-electron chi connectivity index (χ0n) is 26.8. The number of fused-ring (bicyclic) bond motifs is 12. The molecule has 50 heavy (non-hydrogen) atoms. The molecule has 6 heteroatoms. The van der Waals surface area contributed by atoms with E-state index in [0.717, 1.165) is 67.2 Å². The Morgan fingerprint density at radius 3 is 1.46 bits per heavy atom. The lowest BCUT2D eigenvalue weighted by Crippen LogP contribution is -2.01. The van der Waals surface area contributed by atoms with Crippen LogP contribution in [0.25, 0.3) is 89.0 Å². The number of hydrogen-bond donors (Lipinski definition) is 0. The summed E-state index contributed by atoms with van der Waals surface area (Å²) in [5.41, 5.74) is 12.9. The van der Waals surface area contributed by atoms with Gasteiger partial charge in [-0.2, -0.15) is 0 Å². The smallest absolute Gasteiger partial charge is 0.223 e. The van der Waals surface area contributed by atoms with Gasteiger partial charge >= 0.3 is 0 Å². The molecule has 0 aliphatic rings. The molecule has 0 N–H and O–H groups in total. The highest BCUT2D eigenvalue weighted by Crippen LogP contribution is 2.37. The van der Waals surface area contributed by atoms with Crippen LogP contribution in [0.5, 0.6) is 0 Å². The third-order valence-electron chi connectivity index (χ3n) is 9.98. The first kappa shape index (κ1) is 27.1. The fraction of sp³-hybridized carbons (Fsp3) is 0. The minimum absolute atomic E-state index is 0.797. The minimum Gasteiger partial charge on any atom is -0.309 e. The van der Waals surface area contributed by atoms with Gasteiger partial charge in [0.15, 0.2) is 0 Å². The Morgan fingerprint density at radius 2 is 0.800 bits per heavy atom. The third-order valence-corrected chi connectivity index (χ3v) is 9.98.